The zero-order valence-electron chi connectivity index (χ0n) is 8.71. The molecule has 0 spiro atoms. The first kappa shape index (κ1) is 10.9. The van der Waals surface area contributed by atoms with Gasteiger partial charge in [-0.3, -0.25) is 0 Å². The summed E-state index contributed by atoms with van der Waals surface area (Å²) in [5.41, 5.74) is 0.968. The van der Waals surface area contributed by atoms with Crippen LogP contribution < -0.4 is 4.90 Å². The Morgan fingerprint density at radius 1 is 1.13 bits per heavy atom. The number of halogens is 2. The van der Waals surface area contributed by atoms with Gasteiger partial charge in [-0.2, -0.15) is 0 Å². The van der Waals surface area contributed by atoms with E-state index in [2.05, 4.69) is 32.8 Å². The first-order valence-corrected chi connectivity index (χ1v) is 5.84. The lowest BCUT2D eigenvalue weighted by Gasteiger charge is -2.34. The second-order valence-electron chi connectivity index (χ2n) is 3.92. The van der Waals surface area contributed by atoms with Crippen LogP contribution in [0.15, 0.2) is 22.7 Å². The first-order valence-electron chi connectivity index (χ1n) is 5.05. The summed E-state index contributed by atoms with van der Waals surface area (Å²) >= 11 is 3.31. The summed E-state index contributed by atoms with van der Waals surface area (Å²) in [5, 5.41) is 0. The molecule has 1 saturated heterocycles. The molecule has 0 aliphatic carbocycles. The molecule has 0 unspecified atom stereocenters. The minimum atomic E-state index is -0.182. The maximum absolute atomic E-state index is 13.2. The number of hydrogen-bond acceptors (Lipinski definition) is 2. The fourth-order valence-corrected chi connectivity index (χ4v) is 2.24. The van der Waals surface area contributed by atoms with Crippen LogP contribution in [0.4, 0.5) is 10.1 Å². The average molecular weight is 273 g/mol. The second-order valence-corrected chi connectivity index (χ2v) is 4.83. The topological polar surface area (TPSA) is 6.48 Å². The van der Waals surface area contributed by atoms with Gasteiger partial charge >= 0.3 is 0 Å². The van der Waals surface area contributed by atoms with Crippen molar-refractivity contribution in [2.24, 2.45) is 0 Å². The van der Waals surface area contributed by atoms with E-state index in [1.165, 1.54) is 6.07 Å². The monoisotopic (exact) mass is 272 g/mol. The lowest BCUT2D eigenvalue weighted by atomic mass is 10.2. The van der Waals surface area contributed by atoms with Crippen molar-refractivity contribution in [2.75, 3.05) is 38.1 Å². The van der Waals surface area contributed by atoms with Crippen molar-refractivity contribution in [3.05, 3.63) is 28.5 Å². The lowest BCUT2D eigenvalue weighted by molar-refractivity contribution is 0.312. The highest BCUT2D eigenvalue weighted by molar-refractivity contribution is 9.10. The van der Waals surface area contributed by atoms with Gasteiger partial charge < -0.3 is 9.80 Å². The molecular weight excluding hydrogens is 259 g/mol. The van der Waals surface area contributed by atoms with Crippen LogP contribution in [-0.4, -0.2) is 38.1 Å². The van der Waals surface area contributed by atoms with Gasteiger partial charge in [-0.05, 0) is 25.2 Å². The fraction of sp³-hybridized carbons (Fsp3) is 0.455. The Balaban J connectivity index is 2.15. The van der Waals surface area contributed by atoms with E-state index in [1.807, 2.05) is 6.07 Å². The van der Waals surface area contributed by atoms with E-state index < -0.39 is 0 Å². The Kier molecular flexibility index (Phi) is 3.26. The highest BCUT2D eigenvalue weighted by atomic mass is 79.9. The van der Waals surface area contributed by atoms with Gasteiger partial charge in [-0.1, -0.05) is 15.9 Å². The Labute approximate surface area is 97.8 Å². The average Bonchev–Trinajstić information content (AvgIpc) is 2.17. The molecule has 1 aliphatic rings. The molecule has 0 radical (unpaired) electrons. The molecule has 0 atom stereocenters. The van der Waals surface area contributed by atoms with Gasteiger partial charge in [0.15, 0.2) is 0 Å². The number of piperazine rings is 1. The van der Waals surface area contributed by atoms with E-state index in [0.717, 1.165) is 36.3 Å². The number of hydrogen-bond donors (Lipinski definition) is 0. The molecule has 0 aromatic heterocycles. The van der Waals surface area contributed by atoms with Crippen molar-refractivity contribution in [1.82, 2.24) is 4.90 Å². The van der Waals surface area contributed by atoms with Crippen LogP contribution in [0.5, 0.6) is 0 Å². The Morgan fingerprint density at radius 3 is 2.40 bits per heavy atom. The van der Waals surface area contributed by atoms with Crippen molar-refractivity contribution < 1.29 is 4.39 Å². The van der Waals surface area contributed by atoms with E-state index in [1.54, 1.807) is 6.07 Å². The quantitative estimate of drug-likeness (QED) is 0.775. The van der Waals surface area contributed by atoms with Gasteiger partial charge in [0, 0.05) is 36.3 Å². The summed E-state index contributed by atoms with van der Waals surface area (Å²) in [4.78, 5) is 4.50. The lowest BCUT2D eigenvalue weighted by Crippen LogP contribution is -2.44. The van der Waals surface area contributed by atoms with Crippen molar-refractivity contribution in [3.63, 3.8) is 0 Å². The number of nitrogens with zero attached hydrogens (tertiary/aromatic N) is 2. The van der Waals surface area contributed by atoms with Crippen molar-refractivity contribution >= 4 is 21.6 Å². The van der Waals surface area contributed by atoms with Gasteiger partial charge in [0.05, 0.1) is 0 Å². The molecule has 0 amide bonds. The van der Waals surface area contributed by atoms with Crippen LogP contribution in [0.1, 0.15) is 0 Å². The van der Waals surface area contributed by atoms with E-state index in [9.17, 15) is 4.39 Å². The third-order valence-corrected chi connectivity index (χ3v) is 3.17. The van der Waals surface area contributed by atoms with E-state index in [-0.39, 0.29) is 5.82 Å². The molecule has 2 nitrogen and oxygen atoms in total. The van der Waals surface area contributed by atoms with Crippen LogP contribution in [0.3, 0.4) is 0 Å². The van der Waals surface area contributed by atoms with Crippen molar-refractivity contribution in [1.29, 1.82) is 0 Å². The zero-order chi connectivity index (χ0) is 10.8. The smallest absolute Gasteiger partial charge is 0.126 e. The fourth-order valence-electron chi connectivity index (χ4n) is 1.79. The van der Waals surface area contributed by atoms with Gasteiger partial charge in [0.25, 0.3) is 0 Å². The highest BCUT2D eigenvalue weighted by Gasteiger charge is 2.14. The largest absolute Gasteiger partial charge is 0.369 e. The number of benzene rings is 1. The van der Waals surface area contributed by atoms with E-state index >= 15 is 0 Å². The summed E-state index contributed by atoms with van der Waals surface area (Å²) in [6, 6.07) is 5.05. The van der Waals surface area contributed by atoms with Crippen LogP contribution in [0.2, 0.25) is 0 Å². The summed E-state index contributed by atoms with van der Waals surface area (Å²) in [6.07, 6.45) is 0. The molecular formula is C11H14BrFN2. The zero-order valence-corrected chi connectivity index (χ0v) is 10.3. The number of anilines is 1. The Bertz CT molecular complexity index is 328. The molecule has 1 aromatic rings. The van der Waals surface area contributed by atoms with Crippen LogP contribution in [0.25, 0.3) is 0 Å². The molecule has 0 bridgehead atoms. The first-order chi connectivity index (χ1) is 7.15. The molecule has 0 N–H and O–H groups in total. The molecule has 2 rings (SSSR count). The van der Waals surface area contributed by atoms with Crippen molar-refractivity contribution in [3.8, 4) is 0 Å². The summed E-state index contributed by atoms with van der Waals surface area (Å²) in [5.74, 6) is -0.182. The summed E-state index contributed by atoms with van der Waals surface area (Å²) < 4.78 is 14.0. The Morgan fingerprint density at radius 2 is 1.80 bits per heavy atom. The van der Waals surface area contributed by atoms with Gasteiger partial charge in [-0.25, -0.2) is 4.39 Å². The SMILES string of the molecule is CN1CCN(c2cc(F)cc(Br)c2)CC1. The third kappa shape index (κ3) is 2.69. The number of likely N-dealkylation sites (N-methyl/N-ethyl adjacent to an activating group) is 1. The highest BCUT2D eigenvalue weighted by Crippen LogP contribution is 2.22. The predicted octanol–water partition coefficient (Wildman–Crippen LogP) is 2.34. The minimum absolute atomic E-state index is 0.182. The van der Waals surface area contributed by atoms with Gasteiger partial charge in [0.1, 0.15) is 5.82 Å². The number of rotatable bonds is 1. The molecule has 15 heavy (non-hydrogen) atoms. The molecule has 1 fully saturated rings. The second kappa shape index (κ2) is 4.49. The summed E-state index contributed by atoms with van der Waals surface area (Å²) in [6.45, 7) is 4.00. The molecule has 1 aliphatic heterocycles. The van der Waals surface area contributed by atoms with E-state index in [0.29, 0.717) is 0 Å². The molecule has 82 valence electrons. The van der Waals surface area contributed by atoms with Gasteiger partial charge in [0.2, 0.25) is 0 Å². The maximum atomic E-state index is 13.2. The summed E-state index contributed by atoms with van der Waals surface area (Å²) in [7, 11) is 2.11. The standard InChI is InChI=1S/C11H14BrFN2/c1-14-2-4-15(5-3-14)11-7-9(12)6-10(13)8-11/h6-8H,2-5H2,1H3. The van der Waals surface area contributed by atoms with Crippen LogP contribution in [-0.2, 0) is 0 Å². The molecule has 0 saturated carbocycles. The molecule has 1 heterocycles. The van der Waals surface area contributed by atoms with Crippen LogP contribution in [0, 0.1) is 5.82 Å². The third-order valence-electron chi connectivity index (χ3n) is 2.72. The Hall–Kier alpha value is -0.610. The molecule has 1 aromatic carbocycles. The van der Waals surface area contributed by atoms with Gasteiger partial charge in [-0.15, -0.1) is 0 Å². The predicted molar refractivity (Wildman–Crippen MR) is 63.8 cm³/mol. The minimum Gasteiger partial charge on any atom is -0.369 e. The van der Waals surface area contributed by atoms with Crippen molar-refractivity contribution in [2.45, 2.75) is 0 Å². The van der Waals surface area contributed by atoms with Crippen LogP contribution >= 0.6 is 15.9 Å². The maximum Gasteiger partial charge on any atom is 0.126 e. The van der Waals surface area contributed by atoms with E-state index in [4.69, 9.17) is 0 Å². The molecule has 4 heteroatoms. The normalized spacial score (nSPS) is 18.2.